The lowest BCUT2D eigenvalue weighted by Gasteiger charge is -2.29. The SMILES string of the molecule is CC1(CO)CCCC1NC(=O)c1cc2cccc(Cl)c2o1. The van der Waals surface area contributed by atoms with Gasteiger partial charge in [-0.3, -0.25) is 4.79 Å². The Kier molecular flexibility index (Phi) is 3.68. The molecule has 4 nitrogen and oxygen atoms in total. The first kappa shape index (κ1) is 14.4. The number of amides is 1. The minimum atomic E-state index is -0.256. The van der Waals surface area contributed by atoms with Gasteiger partial charge in [-0.1, -0.05) is 37.1 Å². The molecule has 0 aliphatic heterocycles. The fraction of sp³-hybridized carbons (Fsp3) is 0.438. The second-order valence-electron chi connectivity index (χ2n) is 6.00. The molecule has 1 aromatic carbocycles. The number of rotatable bonds is 3. The monoisotopic (exact) mass is 307 g/mol. The molecular weight excluding hydrogens is 290 g/mol. The van der Waals surface area contributed by atoms with Gasteiger partial charge in [-0.2, -0.15) is 0 Å². The summed E-state index contributed by atoms with van der Waals surface area (Å²) >= 11 is 6.05. The van der Waals surface area contributed by atoms with Gasteiger partial charge in [0.1, 0.15) is 0 Å². The van der Waals surface area contributed by atoms with Crippen molar-refractivity contribution in [2.45, 2.75) is 32.2 Å². The highest BCUT2D eigenvalue weighted by Crippen LogP contribution is 2.37. The molecule has 2 N–H and O–H groups in total. The van der Waals surface area contributed by atoms with Gasteiger partial charge in [0.25, 0.3) is 5.91 Å². The molecule has 0 spiro atoms. The quantitative estimate of drug-likeness (QED) is 0.914. The standard InChI is InChI=1S/C16H18ClNO3/c1-16(9-19)7-3-6-13(16)18-15(20)12-8-10-4-2-5-11(17)14(10)21-12/h2,4-5,8,13,19H,3,6-7,9H2,1H3,(H,18,20). The molecule has 2 aromatic rings. The number of hydrogen-bond donors (Lipinski definition) is 2. The molecule has 5 heteroatoms. The average molecular weight is 308 g/mol. The lowest BCUT2D eigenvalue weighted by molar-refractivity contribution is 0.0807. The lowest BCUT2D eigenvalue weighted by atomic mass is 9.86. The number of aliphatic hydroxyl groups excluding tert-OH is 1. The number of nitrogens with one attached hydrogen (secondary N) is 1. The van der Waals surface area contributed by atoms with E-state index in [1.54, 1.807) is 12.1 Å². The van der Waals surface area contributed by atoms with Crippen LogP contribution in [0.25, 0.3) is 11.0 Å². The van der Waals surface area contributed by atoms with E-state index in [0.717, 1.165) is 24.6 Å². The zero-order chi connectivity index (χ0) is 15.0. The summed E-state index contributed by atoms with van der Waals surface area (Å²) in [4.78, 5) is 12.4. The lowest BCUT2D eigenvalue weighted by Crippen LogP contribution is -2.44. The first-order chi connectivity index (χ1) is 10.0. The van der Waals surface area contributed by atoms with Crippen LogP contribution in [0, 0.1) is 5.41 Å². The normalized spacial score (nSPS) is 25.4. The molecule has 3 rings (SSSR count). The number of halogens is 1. The van der Waals surface area contributed by atoms with Crippen molar-refractivity contribution in [3.05, 3.63) is 35.0 Å². The van der Waals surface area contributed by atoms with Gasteiger partial charge in [0.15, 0.2) is 11.3 Å². The van der Waals surface area contributed by atoms with Gasteiger partial charge in [0.2, 0.25) is 0 Å². The molecular formula is C16H18ClNO3. The smallest absolute Gasteiger partial charge is 0.287 e. The van der Waals surface area contributed by atoms with E-state index in [9.17, 15) is 9.90 Å². The highest BCUT2D eigenvalue weighted by Gasteiger charge is 2.39. The number of carbonyl (C=O) groups excluding carboxylic acids is 1. The summed E-state index contributed by atoms with van der Waals surface area (Å²) < 4.78 is 5.57. The number of para-hydroxylation sites is 1. The van der Waals surface area contributed by atoms with Crippen LogP contribution in [-0.2, 0) is 0 Å². The Morgan fingerprint density at radius 3 is 3.10 bits per heavy atom. The van der Waals surface area contributed by atoms with Crippen molar-refractivity contribution in [3.63, 3.8) is 0 Å². The van der Waals surface area contributed by atoms with E-state index in [1.807, 2.05) is 19.1 Å². The van der Waals surface area contributed by atoms with Crippen molar-refractivity contribution >= 4 is 28.5 Å². The molecule has 0 saturated heterocycles. The van der Waals surface area contributed by atoms with Crippen LogP contribution in [-0.4, -0.2) is 23.7 Å². The molecule has 1 heterocycles. The number of hydrogen-bond acceptors (Lipinski definition) is 3. The Morgan fingerprint density at radius 2 is 2.38 bits per heavy atom. The molecule has 112 valence electrons. The Morgan fingerprint density at radius 1 is 1.57 bits per heavy atom. The van der Waals surface area contributed by atoms with Gasteiger partial charge in [0.05, 0.1) is 11.6 Å². The molecule has 21 heavy (non-hydrogen) atoms. The topological polar surface area (TPSA) is 62.5 Å². The Bertz CT molecular complexity index is 681. The highest BCUT2D eigenvalue weighted by atomic mass is 35.5. The molecule has 1 fully saturated rings. The van der Waals surface area contributed by atoms with Crippen LogP contribution in [0.3, 0.4) is 0 Å². The third kappa shape index (κ3) is 2.54. The summed E-state index contributed by atoms with van der Waals surface area (Å²) in [5, 5.41) is 13.8. The molecule has 2 atom stereocenters. The van der Waals surface area contributed by atoms with Crippen LogP contribution < -0.4 is 5.32 Å². The number of aliphatic hydroxyl groups is 1. The fourth-order valence-electron chi connectivity index (χ4n) is 3.04. The van der Waals surface area contributed by atoms with Crippen molar-refractivity contribution in [1.29, 1.82) is 0 Å². The average Bonchev–Trinajstić information content (AvgIpc) is 3.05. The predicted octanol–water partition coefficient (Wildman–Crippen LogP) is 3.37. The zero-order valence-electron chi connectivity index (χ0n) is 11.9. The van der Waals surface area contributed by atoms with Gasteiger partial charge in [0, 0.05) is 16.8 Å². The van der Waals surface area contributed by atoms with E-state index in [1.165, 1.54) is 0 Å². The van der Waals surface area contributed by atoms with Crippen LogP contribution in [0.1, 0.15) is 36.7 Å². The van der Waals surface area contributed by atoms with Crippen molar-refractivity contribution in [2.24, 2.45) is 5.41 Å². The first-order valence-corrected chi connectivity index (χ1v) is 7.51. The number of fused-ring (bicyclic) bond motifs is 1. The van der Waals surface area contributed by atoms with Gasteiger partial charge in [-0.05, 0) is 25.0 Å². The summed E-state index contributed by atoms with van der Waals surface area (Å²) in [6.07, 6.45) is 2.80. The van der Waals surface area contributed by atoms with E-state index < -0.39 is 0 Å². The van der Waals surface area contributed by atoms with Crippen LogP contribution in [0.4, 0.5) is 0 Å². The first-order valence-electron chi connectivity index (χ1n) is 7.13. The highest BCUT2D eigenvalue weighted by molar-refractivity contribution is 6.34. The number of furan rings is 1. The summed E-state index contributed by atoms with van der Waals surface area (Å²) in [7, 11) is 0. The van der Waals surface area contributed by atoms with Crippen LogP contribution in [0.15, 0.2) is 28.7 Å². The van der Waals surface area contributed by atoms with Crippen molar-refractivity contribution in [3.8, 4) is 0 Å². The molecule has 0 radical (unpaired) electrons. The summed E-state index contributed by atoms with van der Waals surface area (Å²) in [6.45, 7) is 2.07. The zero-order valence-corrected chi connectivity index (χ0v) is 12.6. The number of benzene rings is 1. The molecule has 1 saturated carbocycles. The minimum absolute atomic E-state index is 0.0290. The van der Waals surface area contributed by atoms with Crippen molar-refractivity contribution < 1.29 is 14.3 Å². The third-order valence-corrected chi connectivity index (χ3v) is 4.77. The van der Waals surface area contributed by atoms with E-state index in [-0.39, 0.29) is 29.7 Å². The molecule has 1 amide bonds. The summed E-state index contributed by atoms with van der Waals surface area (Å²) in [5.74, 6) is -0.000804. The van der Waals surface area contributed by atoms with Gasteiger partial charge < -0.3 is 14.8 Å². The maximum atomic E-state index is 12.4. The Hall–Kier alpha value is -1.52. The van der Waals surface area contributed by atoms with Gasteiger partial charge in [-0.15, -0.1) is 0 Å². The van der Waals surface area contributed by atoms with Crippen LogP contribution in [0.5, 0.6) is 0 Å². The molecule has 2 unspecified atom stereocenters. The van der Waals surface area contributed by atoms with E-state index in [2.05, 4.69) is 5.32 Å². The second-order valence-corrected chi connectivity index (χ2v) is 6.41. The fourth-order valence-corrected chi connectivity index (χ4v) is 3.26. The van der Waals surface area contributed by atoms with Gasteiger partial charge in [-0.25, -0.2) is 0 Å². The van der Waals surface area contributed by atoms with Crippen LogP contribution in [0.2, 0.25) is 5.02 Å². The van der Waals surface area contributed by atoms with Crippen molar-refractivity contribution in [2.75, 3.05) is 6.61 Å². The molecule has 1 aliphatic carbocycles. The predicted molar refractivity (Wildman–Crippen MR) is 81.5 cm³/mol. The van der Waals surface area contributed by atoms with Crippen LogP contribution >= 0.6 is 11.6 Å². The summed E-state index contributed by atoms with van der Waals surface area (Å²) in [6, 6.07) is 7.08. The van der Waals surface area contributed by atoms with E-state index in [4.69, 9.17) is 16.0 Å². The Labute approximate surface area is 128 Å². The maximum Gasteiger partial charge on any atom is 0.287 e. The van der Waals surface area contributed by atoms with E-state index >= 15 is 0 Å². The van der Waals surface area contributed by atoms with Crippen molar-refractivity contribution in [1.82, 2.24) is 5.32 Å². The number of carbonyl (C=O) groups is 1. The largest absolute Gasteiger partial charge is 0.449 e. The molecule has 1 aromatic heterocycles. The second kappa shape index (κ2) is 5.35. The maximum absolute atomic E-state index is 12.4. The summed E-state index contributed by atoms with van der Waals surface area (Å²) in [5.41, 5.74) is 0.278. The third-order valence-electron chi connectivity index (χ3n) is 4.47. The minimum Gasteiger partial charge on any atom is -0.449 e. The van der Waals surface area contributed by atoms with Gasteiger partial charge >= 0.3 is 0 Å². The van der Waals surface area contributed by atoms with E-state index in [0.29, 0.717) is 10.6 Å². The molecule has 0 bridgehead atoms. The Balaban J connectivity index is 1.83. The molecule has 1 aliphatic rings.